The zero-order valence-electron chi connectivity index (χ0n) is 17.9. The van der Waals surface area contributed by atoms with Crippen LogP contribution < -0.4 is 10.2 Å². The SMILES string of the molecule is Cc1cc(C2C(c3ccccn3)NC(=S)N2c2ccccc2)c(C)n1-c1ccccc1O. The van der Waals surface area contributed by atoms with E-state index >= 15 is 0 Å². The smallest absolute Gasteiger partial charge is 0.174 e. The van der Waals surface area contributed by atoms with Crippen LogP contribution in [0, 0.1) is 13.8 Å². The number of phenolic OH excluding ortho intramolecular Hbond substituents is 1. The maximum Gasteiger partial charge on any atom is 0.174 e. The third-order valence-corrected chi connectivity index (χ3v) is 6.36. The van der Waals surface area contributed by atoms with E-state index < -0.39 is 0 Å². The van der Waals surface area contributed by atoms with Crippen LogP contribution in [0.2, 0.25) is 0 Å². The van der Waals surface area contributed by atoms with Crippen molar-refractivity contribution in [3.63, 3.8) is 0 Å². The number of anilines is 1. The molecule has 1 fully saturated rings. The lowest BCUT2D eigenvalue weighted by molar-refractivity contribution is 0.471. The minimum Gasteiger partial charge on any atom is -0.506 e. The first-order valence-electron chi connectivity index (χ1n) is 10.6. The van der Waals surface area contributed by atoms with Gasteiger partial charge in [-0.3, -0.25) is 4.98 Å². The Balaban J connectivity index is 1.70. The molecule has 32 heavy (non-hydrogen) atoms. The van der Waals surface area contributed by atoms with E-state index in [2.05, 4.69) is 51.8 Å². The molecule has 1 aliphatic rings. The summed E-state index contributed by atoms with van der Waals surface area (Å²) in [5, 5.41) is 14.7. The summed E-state index contributed by atoms with van der Waals surface area (Å²) in [6.45, 7) is 4.15. The molecule has 0 saturated carbocycles. The second kappa shape index (κ2) is 8.13. The van der Waals surface area contributed by atoms with Crippen LogP contribution in [0.5, 0.6) is 5.75 Å². The van der Waals surface area contributed by atoms with E-state index in [0.717, 1.165) is 34.0 Å². The average Bonchev–Trinajstić information content (AvgIpc) is 3.31. The highest BCUT2D eigenvalue weighted by atomic mass is 32.1. The quantitative estimate of drug-likeness (QED) is 0.418. The number of nitrogens with zero attached hydrogens (tertiary/aromatic N) is 3. The van der Waals surface area contributed by atoms with Crippen LogP contribution in [-0.4, -0.2) is 19.8 Å². The predicted octanol–water partition coefficient (Wildman–Crippen LogP) is 5.37. The molecular weight excluding hydrogens is 416 g/mol. The Labute approximate surface area is 193 Å². The molecule has 0 amide bonds. The second-order valence-electron chi connectivity index (χ2n) is 7.98. The number of nitrogens with one attached hydrogen (secondary N) is 1. The molecule has 0 spiro atoms. The van der Waals surface area contributed by atoms with E-state index in [1.807, 2.05) is 60.8 Å². The van der Waals surface area contributed by atoms with Crippen molar-refractivity contribution in [3.8, 4) is 11.4 Å². The van der Waals surface area contributed by atoms with Gasteiger partial charge < -0.3 is 19.9 Å². The number of pyridine rings is 1. The van der Waals surface area contributed by atoms with E-state index in [-0.39, 0.29) is 17.8 Å². The predicted molar refractivity (Wildman–Crippen MR) is 131 cm³/mol. The first-order chi connectivity index (χ1) is 15.6. The van der Waals surface area contributed by atoms with Gasteiger partial charge in [-0.1, -0.05) is 36.4 Å². The molecule has 5 rings (SSSR count). The largest absolute Gasteiger partial charge is 0.506 e. The van der Waals surface area contributed by atoms with Crippen molar-refractivity contribution < 1.29 is 5.11 Å². The average molecular weight is 441 g/mol. The molecule has 2 aromatic heterocycles. The van der Waals surface area contributed by atoms with E-state index in [9.17, 15) is 5.11 Å². The van der Waals surface area contributed by atoms with E-state index in [1.165, 1.54) is 0 Å². The molecule has 0 radical (unpaired) electrons. The van der Waals surface area contributed by atoms with Gasteiger partial charge in [0.15, 0.2) is 5.11 Å². The van der Waals surface area contributed by atoms with E-state index in [4.69, 9.17) is 12.2 Å². The van der Waals surface area contributed by atoms with Crippen LogP contribution in [0.4, 0.5) is 5.69 Å². The molecule has 3 heterocycles. The first-order valence-corrected chi connectivity index (χ1v) is 11.0. The monoisotopic (exact) mass is 440 g/mol. The Bertz CT molecular complexity index is 1270. The van der Waals surface area contributed by atoms with Crippen molar-refractivity contribution in [1.82, 2.24) is 14.9 Å². The number of benzene rings is 2. The number of aromatic hydroxyl groups is 1. The third kappa shape index (κ3) is 3.33. The van der Waals surface area contributed by atoms with Crippen LogP contribution in [0.25, 0.3) is 5.69 Å². The zero-order valence-corrected chi connectivity index (χ0v) is 18.8. The lowest BCUT2D eigenvalue weighted by Gasteiger charge is -2.28. The fourth-order valence-corrected chi connectivity index (χ4v) is 4.99. The number of hydrogen-bond acceptors (Lipinski definition) is 3. The lowest BCUT2D eigenvalue weighted by Crippen LogP contribution is -2.29. The van der Waals surface area contributed by atoms with Gasteiger partial charge in [0, 0.05) is 23.3 Å². The van der Waals surface area contributed by atoms with Gasteiger partial charge in [0.05, 0.1) is 23.5 Å². The number of para-hydroxylation sites is 3. The second-order valence-corrected chi connectivity index (χ2v) is 8.37. The fraction of sp³-hybridized carbons (Fsp3) is 0.154. The normalized spacial score (nSPS) is 18.1. The van der Waals surface area contributed by atoms with E-state index in [0.29, 0.717) is 5.11 Å². The highest BCUT2D eigenvalue weighted by molar-refractivity contribution is 7.80. The van der Waals surface area contributed by atoms with Gasteiger partial charge in [0.25, 0.3) is 0 Å². The molecule has 6 heteroatoms. The molecule has 0 aliphatic carbocycles. The Morgan fingerprint density at radius 2 is 1.66 bits per heavy atom. The Kier molecular flexibility index (Phi) is 5.15. The standard InChI is InChI=1S/C26H24N4OS/c1-17-16-20(18(2)29(17)22-13-6-7-14-23(22)31)25-24(21-12-8-9-15-27-21)28-26(32)30(25)19-10-4-3-5-11-19/h3-16,24-25,31H,1-2H3,(H,28,32). The van der Waals surface area contributed by atoms with Crippen molar-refractivity contribution >= 4 is 23.0 Å². The van der Waals surface area contributed by atoms with Crippen molar-refractivity contribution in [1.29, 1.82) is 0 Å². The topological polar surface area (TPSA) is 53.3 Å². The lowest BCUT2D eigenvalue weighted by atomic mass is 9.96. The molecule has 4 aromatic rings. The summed E-state index contributed by atoms with van der Waals surface area (Å²) in [6, 6.07) is 25.6. The van der Waals surface area contributed by atoms with Crippen LogP contribution in [0.1, 0.15) is 34.7 Å². The van der Waals surface area contributed by atoms with Gasteiger partial charge in [-0.25, -0.2) is 0 Å². The Morgan fingerprint density at radius 1 is 0.938 bits per heavy atom. The van der Waals surface area contributed by atoms with Gasteiger partial charge in [-0.05, 0) is 74.1 Å². The molecule has 160 valence electrons. The summed E-state index contributed by atoms with van der Waals surface area (Å²) in [6.07, 6.45) is 1.81. The van der Waals surface area contributed by atoms with Gasteiger partial charge >= 0.3 is 0 Å². The summed E-state index contributed by atoms with van der Waals surface area (Å²) in [5.41, 5.74) is 5.97. The van der Waals surface area contributed by atoms with Gasteiger partial charge in [0.1, 0.15) is 5.75 Å². The molecule has 2 unspecified atom stereocenters. The molecule has 1 aliphatic heterocycles. The van der Waals surface area contributed by atoms with Crippen LogP contribution in [0.15, 0.2) is 85.1 Å². The number of hydrogen-bond donors (Lipinski definition) is 2. The summed E-state index contributed by atoms with van der Waals surface area (Å²) >= 11 is 5.81. The number of phenols is 1. The molecule has 2 aromatic carbocycles. The van der Waals surface area contributed by atoms with Crippen LogP contribution in [-0.2, 0) is 0 Å². The van der Waals surface area contributed by atoms with Gasteiger partial charge in [0.2, 0.25) is 0 Å². The van der Waals surface area contributed by atoms with Crippen molar-refractivity contribution in [2.45, 2.75) is 25.9 Å². The molecule has 2 N–H and O–H groups in total. The molecular formula is C26H24N4OS. The first kappa shape index (κ1) is 20.3. The Morgan fingerprint density at radius 3 is 2.38 bits per heavy atom. The number of aryl methyl sites for hydroxylation is 1. The molecule has 5 nitrogen and oxygen atoms in total. The summed E-state index contributed by atoms with van der Waals surface area (Å²) in [4.78, 5) is 6.81. The third-order valence-electron chi connectivity index (χ3n) is 6.04. The van der Waals surface area contributed by atoms with E-state index in [1.54, 1.807) is 6.07 Å². The Hall–Kier alpha value is -3.64. The maximum atomic E-state index is 10.5. The van der Waals surface area contributed by atoms with Crippen molar-refractivity contribution in [2.24, 2.45) is 0 Å². The number of thiocarbonyl (C=S) groups is 1. The zero-order chi connectivity index (χ0) is 22.2. The van der Waals surface area contributed by atoms with Crippen LogP contribution >= 0.6 is 12.2 Å². The van der Waals surface area contributed by atoms with Crippen LogP contribution in [0.3, 0.4) is 0 Å². The van der Waals surface area contributed by atoms with Crippen molar-refractivity contribution in [2.75, 3.05) is 4.90 Å². The van der Waals surface area contributed by atoms with Crippen molar-refractivity contribution in [3.05, 3.63) is 108 Å². The highest BCUT2D eigenvalue weighted by Crippen LogP contribution is 2.44. The summed E-state index contributed by atoms with van der Waals surface area (Å²) in [5.74, 6) is 0.252. The number of aromatic nitrogens is 2. The van der Waals surface area contributed by atoms with Gasteiger partial charge in [-0.2, -0.15) is 0 Å². The fourth-order valence-electron chi connectivity index (χ4n) is 4.65. The molecule has 2 atom stereocenters. The summed E-state index contributed by atoms with van der Waals surface area (Å²) in [7, 11) is 0. The molecule has 1 saturated heterocycles. The number of rotatable bonds is 4. The minimum atomic E-state index is -0.109. The molecule has 0 bridgehead atoms. The van der Waals surface area contributed by atoms with Gasteiger partial charge in [-0.15, -0.1) is 0 Å². The highest BCUT2D eigenvalue weighted by Gasteiger charge is 2.42. The summed E-state index contributed by atoms with van der Waals surface area (Å²) < 4.78 is 2.10. The minimum absolute atomic E-state index is 0.0920. The maximum absolute atomic E-state index is 10.5.